The average Bonchev–Trinajstić information content (AvgIpc) is 3.16. The first-order valence-corrected chi connectivity index (χ1v) is 15.0. The topological polar surface area (TPSA) is 166 Å². The van der Waals surface area contributed by atoms with Gasteiger partial charge in [0.1, 0.15) is 23.3 Å². The molecular formula is C23H22ClF4N5O8S2. The Labute approximate surface area is 249 Å². The lowest BCUT2D eigenvalue weighted by Gasteiger charge is -2.16. The fraction of sp³-hybridized carbons (Fsp3) is 0.391. The minimum absolute atomic E-state index is 0.0504. The van der Waals surface area contributed by atoms with Crippen LogP contribution in [0.1, 0.15) is 26.0 Å². The number of carbonyl (C=O) groups excluding carboxylic acids is 3. The molecular weight excluding hydrogens is 650 g/mol. The molecule has 0 radical (unpaired) electrons. The van der Waals surface area contributed by atoms with Crippen LogP contribution in [0, 0.1) is 5.82 Å². The van der Waals surface area contributed by atoms with E-state index in [4.69, 9.17) is 16.3 Å². The molecule has 1 fully saturated rings. The Bertz CT molecular complexity index is 1740. The number of rotatable bonds is 9. The fourth-order valence-corrected chi connectivity index (χ4v) is 5.59. The van der Waals surface area contributed by atoms with Crippen LogP contribution in [-0.4, -0.2) is 69.6 Å². The Morgan fingerprint density at radius 1 is 1.16 bits per heavy atom. The molecule has 1 aliphatic heterocycles. The van der Waals surface area contributed by atoms with Gasteiger partial charge in [0.05, 0.1) is 28.8 Å². The molecule has 1 atom stereocenters. The molecule has 0 spiro atoms. The molecule has 1 aliphatic rings. The third-order valence-corrected chi connectivity index (χ3v) is 8.49. The van der Waals surface area contributed by atoms with Gasteiger partial charge in [-0.05, 0) is 26.0 Å². The Morgan fingerprint density at radius 3 is 2.40 bits per heavy atom. The average molecular weight is 672 g/mol. The smallest absolute Gasteiger partial charge is 0.431 e. The number of alkyl halides is 3. The maximum absolute atomic E-state index is 14.9. The van der Waals surface area contributed by atoms with Gasteiger partial charge in [-0.25, -0.2) is 27.2 Å². The van der Waals surface area contributed by atoms with Crippen molar-refractivity contribution in [1.29, 1.82) is 0 Å². The third kappa shape index (κ3) is 7.63. The molecule has 1 saturated heterocycles. The molecule has 0 bridgehead atoms. The molecule has 1 aromatic carbocycles. The van der Waals surface area contributed by atoms with Crippen LogP contribution in [0.5, 0.6) is 0 Å². The molecule has 1 aromatic heterocycles. The van der Waals surface area contributed by atoms with Gasteiger partial charge in [-0.1, -0.05) is 23.4 Å². The highest BCUT2D eigenvalue weighted by molar-refractivity contribution is 8.15. The minimum atomic E-state index is -5.06. The molecule has 0 saturated carbocycles. The van der Waals surface area contributed by atoms with Crippen molar-refractivity contribution in [3.05, 3.63) is 55.6 Å². The van der Waals surface area contributed by atoms with E-state index in [0.717, 1.165) is 18.0 Å². The summed E-state index contributed by atoms with van der Waals surface area (Å²) in [6, 6.07) is 1.49. The first kappa shape index (κ1) is 33.8. The van der Waals surface area contributed by atoms with Crippen molar-refractivity contribution in [2.24, 2.45) is 12.0 Å². The van der Waals surface area contributed by atoms with Gasteiger partial charge >= 0.3 is 17.8 Å². The van der Waals surface area contributed by atoms with Crippen molar-refractivity contribution in [3.63, 3.8) is 0 Å². The Balaban J connectivity index is 2.11. The number of hydrogen-bond acceptors (Lipinski definition) is 10. The SMILES string of the molecule is CCOC(=O)CN1C(=O)C(CC(=O)NS(=O)(=O)CC)S/C1=N\c1cc(-n2c(=O)cc(C(F)(F)F)n(C)c2=O)c(F)cc1Cl. The maximum atomic E-state index is 14.9. The molecule has 2 aromatic rings. The van der Waals surface area contributed by atoms with Crippen molar-refractivity contribution in [3.8, 4) is 5.69 Å². The first-order chi connectivity index (χ1) is 19.9. The van der Waals surface area contributed by atoms with Crippen molar-refractivity contribution in [2.75, 3.05) is 18.9 Å². The van der Waals surface area contributed by atoms with E-state index >= 15 is 0 Å². The van der Waals surface area contributed by atoms with Gasteiger partial charge in [0.15, 0.2) is 5.17 Å². The number of aromatic nitrogens is 2. The highest BCUT2D eigenvalue weighted by atomic mass is 35.5. The second-order valence-corrected chi connectivity index (χ2v) is 12.2. The van der Waals surface area contributed by atoms with Crippen LogP contribution in [0.2, 0.25) is 5.02 Å². The Hall–Kier alpha value is -3.71. The molecule has 234 valence electrons. The van der Waals surface area contributed by atoms with Crippen LogP contribution in [-0.2, 0) is 42.4 Å². The lowest BCUT2D eigenvalue weighted by Crippen LogP contribution is -2.41. The molecule has 2 amide bonds. The van der Waals surface area contributed by atoms with Crippen LogP contribution in [0.4, 0.5) is 23.2 Å². The zero-order chi connectivity index (χ0) is 32.4. The number of carbonyl (C=O) groups is 3. The minimum Gasteiger partial charge on any atom is -0.465 e. The van der Waals surface area contributed by atoms with Crippen LogP contribution < -0.4 is 16.0 Å². The van der Waals surface area contributed by atoms with E-state index in [1.54, 1.807) is 4.72 Å². The van der Waals surface area contributed by atoms with E-state index in [-0.39, 0.29) is 32.7 Å². The predicted octanol–water partition coefficient (Wildman–Crippen LogP) is 1.70. The van der Waals surface area contributed by atoms with E-state index in [1.807, 2.05) is 0 Å². The number of halogens is 5. The zero-order valence-electron chi connectivity index (χ0n) is 22.4. The third-order valence-electron chi connectivity index (χ3n) is 5.72. The number of hydrogen-bond donors (Lipinski definition) is 1. The van der Waals surface area contributed by atoms with Crippen LogP contribution in [0.25, 0.3) is 5.69 Å². The largest absolute Gasteiger partial charge is 0.465 e. The summed E-state index contributed by atoms with van der Waals surface area (Å²) < 4.78 is 85.0. The van der Waals surface area contributed by atoms with Crippen molar-refractivity contribution in [1.82, 2.24) is 18.8 Å². The van der Waals surface area contributed by atoms with Gasteiger partial charge in [-0.2, -0.15) is 13.2 Å². The molecule has 1 N–H and O–H groups in total. The maximum Gasteiger partial charge on any atom is 0.431 e. The number of amides is 2. The van der Waals surface area contributed by atoms with E-state index in [2.05, 4.69) is 4.99 Å². The summed E-state index contributed by atoms with van der Waals surface area (Å²) in [6.45, 7) is 2.04. The van der Waals surface area contributed by atoms with E-state index in [9.17, 15) is 50.0 Å². The van der Waals surface area contributed by atoms with Gasteiger partial charge < -0.3 is 4.74 Å². The fourth-order valence-electron chi connectivity index (χ4n) is 3.67. The second-order valence-electron chi connectivity index (χ2n) is 8.66. The number of thioether (sulfide) groups is 1. The molecule has 13 nitrogen and oxygen atoms in total. The summed E-state index contributed by atoms with van der Waals surface area (Å²) in [5, 5.41) is -1.98. The zero-order valence-corrected chi connectivity index (χ0v) is 24.8. The number of aliphatic imine (C=N–C) groups is 1. The predicted molar refractivity (Wildman–Crippen MR) is 146 cm³/mol. The standard InChI is InChI=1S/C23H22ClF4N5O8S2/c1-4-41-19(36)10-32-20(37)15(8-17(34)30-43(39,40)5-2)42-21(32)29-13-7-14(12(25)6-11(13)24)33-18(35)9-16(23(26,27)28)31(3)22(33)38/h6-7,9,15H,4-5,8,10H2,1-3H3,(H,30,34)/b29-21-. The van der Waals surface area contributed by atoms with Gasteiger partial charge in [0.2, 0.25) is 21.8 Å². The van der Waals surface area contributed by atoms with E-state index < -0.39 is 91.4 Å². The number of nitrogens with one attached hydrogen (secondary N) is 1. The van der Waals surface area contributed by atoms with Gasteiger partial charge in [-0.3, -0.25) is 33.4 Å². The summed E-state index contributed by atoms with van der Waals surface area (Å²) in [4.78, 5) is 67.7. The number of benzene rings is 1. The molecule has 2 heterocycles. The number of ether oxygens (including phenoxy) is 1. The van der Waals surface area contributed by atoms with Crippen molar-refractivity contribution >= 4 is 62.0 Å². The Kier molecular flexibility index (Phi) is 10.1. The van der Waals surface area contributed by atoms with Gasteiger partial charge in [0, 0.05) is 19.5 Å². The highest BCUT2D eigenvalue weighted by Crippen LogP contribution is 2.35. The van der Waals surface area contributed by atoms with Crippen molar-refractivity contribution < 1.29 is 45.1 Å². The van der Waals surface area contributed by atoms with E-state index in [1.165, 1.54) is 13.8 Å². The highest BCUT2D eigenvalue weighted by Gasteiger charge is 2.41. The summed E-state index contributed by atoms with van der Waals surface area (Å²) in [7, 11) is -3.22. The molecule has 0 aliphatic carbocycles. The lowest BCUT2D eigenvalue weighted by atomic mass is 10.2. The number of sulfonamides is 1. The lowest BCUT2D eigenvalue weighted by molar-refractivity contribution is -0.146. The number of amidine groups is 1. The molecule has 20 heteroatoms. The number of nitrogens with zero attached hydrogens (tertiary/aromatic N) is 4. The van der Waals surface area contributed by atoms with Crippen molar-refractivity contribution in [2.45, 2.75) is 31.7 Å². The summed E-state index contributed by atoms with van der Waals surface area (Å²) in [5.41, 5.74) is -5.84. The monoisotopic (exact) mass is 671 g/mol. The second kappa shape index (κ2) is 12.9. The van der Waals surface area contributed by atoms with Crippen LogP contribution in [0.15, 0.2) is 32.8 Å². The summed E-state index contributed by atoms with van der Waals surface area (Å²) in [5.74, 6) is -4.44. The van der Waals surface area contributed by atoms with Crippen LogP contribution in [0.3, 0.4) is 0 Å². The van der Waals surface area contributed by atoms with Gasteiger partial charge in [-0.15, -0.1) is 0 Å². The quantitative estimate of drug-likeness (QED) is 0.308. The summed E-state index contributed by atoms with van der Waals surface area (Å²) in [6.07, 6.45) is -5.72. The Morgan fingerprint density at radius 2 is 1.81 bits per heavy atom. The molecule has 43 heavy (non-hydrogen) atoms. The summed E-state index contributed by atoms with van der Waals surface area (Å²) >= 11 is 6.73. The normalized spacial score (nSPS) is 16.6. The van der Waals surface area contributed by atoms with E-state index in [0.29, 0.717) is 17.8 Å². The molecule has 3 rings (SSSR count). The molecule has 1 unspecified atom stereocenters. The van der Waals surface area contributed by atoms with Crippen LogP contribution >= 0.6 is 23.4 Å². The van der Waals surface area contributed by atoms with Gasteiger partial charge in [0.25, 0.3) is 5.56 Å². The first-order valence-electron chi connectivity index (χ1n) is 12.1. The number of esters is 1.